The maximum absolute atomic E-state index is 11.6. The lowest BCUT2D eigenvalue weighted by molar-refractivity contribution is -0.129. The first kappa shape index (κ1) is 11.7. The third-order valence-corrected chi connectivity index (χ3v) is 2.22. The van der Waals surface area contributed by atoms with E-state index in [0.717, 1.165) is 5.69 Å². The Balaban J connectivity index is 2.47. The van der Waals surface area contributed by atoms with Crippen molar-refractivity contribution in [3.8, 4) is 0 Å². The number of aromatic nitrogens is 1. The number of nitrogens with zero attached hydrogens (tertiary/aromatic N) is 1. The normalized spacial score (nSPS) is 11.5. The number of aryl methyl sites for hydroxylation is 1. The number of nitrogens with two attached hydrogens (primary N) is 1. The van der Waals surface area contributed by atoms with E-state index in [0.29, 0.717) is 18.8 Å². The molecule has 0 fully saturated rings. The van der Waals surface area contributed by atoms with E-state index >= 15 is 0 Å². The third kappa shape index (κ3) is 3.06. The van der Waals surface area contributed by atoms with Gasteiger partial charge in [0.1, 0.15) is 0 Å². The molecule has 15 heavy (non-hydrogen) atoms. The minimum absolute atomic E-state index is 0.0842. The van der Waals surface area contributed by atoms with Crippen molar-refractivity contribution in [1.82, 2.24) is 10.5 Å². The lowest BCUT2D eigenvalue weighted by Gasteiger charge is -2.20. The lowest BCUT2D eigenvalue weighted by atomic mass is 9.93. The first-order valence-corrected chi connectivity index (χ1v) is 4.86. The number of nitrogens with one attached hydrogen (secondary N) is 1. The molecule has 0 spiro atoms. The zero-order chi connectivity index (χ0) is 11.5. The van der Waals surface area contributed by atoms with Gasteiger partial charge in [0, 0.05) is 12.6 Å². The predicted octanol–water partition coefficient (Wildman–Crippen LogP) is 0.584. The summed E-state index contributed by atoms with van der Waals surface area (Å²) >= 11 is 0. The fourth-order valence-corrected chi connectivity index (χ4v) is 0.999. The molecular formula is C10H17N3O2. The van der Waals surface area contributed by atoms with Gasteiger partial charge >= 0.3 is 0 Å². The minimum atomic E-state index is -0.547. The Morgan fingerprint density at radius 2 is 2.33 bits per heavy atom. The van der Waals surface area contributed by atoms with Crippen molar-refractivity contribution >= 4 is 5.91 Å². The van der Waals surface area contributed by atoms with Gasteiger partial charge in [-0.25, -0.2) is 0 Å². The number of hydrogen-bond donors (Lipinski definition) is 2. The summed E-state index contributed by atoms with van der Waals surface area (Å²) in [6.45, 7) is 6.10. The Labute approximate surface area is 89.0 Å². The van der Waals surface area contributed by atoms with Crippen LogP contribution in [0, 0.1) is 12.3 Å². The number of rotatable bonds is 4. The van der Waals surface area contributed by atoms with Crippen LogP contribution in [0.5, 0.6) is 0 Å². The van der Waals surface area contributed by atoms with Crippen LogP contribution in [-0.4, -0.2) is 17.6 Å². The van der Waals surface area contributed by atoms with E-state index < -0.39 is 5.41 Å². The van der Waals surface area contributed by atoms with Gasteiger partial charge in [-0.3, -0.25) is 4.79 Å². The second-order valence-electron chi connectivity index (χ2n) is 4.21. The van der Waals surface area contributed by atoms with Gasteiger partial charge in [-0.1, -0.05) is 5.16 Å². The van der Waals surface area contributed by atoms with Crippen LogP contribution in [0.3, 0.4) is 0 Å². The summed E-state index contributed by atoms with van der Waals surface area (Å²) < 4.78 is 4.97. The summed E-state index contributed by atoms with van der Waals surface area (Å²) in [5, 5.41) is 6.48. The average Bonchev–Trinajstić information content (AvgIpc) is 2.60. The van der Waals surface area contributed by atoms with Crippen LogP contribution in [0.25, 0.3) is 0 Å². The summed E-state index contributed by atoms with van der Waals surface area (Å²) in [5.41, 5.74) is 5.74. The molecule has 1 amide bonds. The number of amides is 1. The molecule has 1 rings (SSSR count). The fraction of sp³-hybridized carbons (Fsp3) is 0.600. The Bertz CT molecular complexity index is 344. The van der Waals surface area contributed by atoms with Gasteiger partial charge in [-0.05, 0) is 20.8 Å². The molecule has 1 aromatic rings. The van der Waals surface area contributed by atoms with E-state index in [1.165, 1.54) is 0 Å². The fourth-order valence-electron chi connectivity index (χ4n) is 0.999. The Kier molecular flexibility index (Phi) is 3.47. The van der Waals surface area contributed by atoms with Crippen LogP contribution in [-0.2, 0) is 11.3 Å². The predicted molar refractivity (Wildman–Crippen MR) is 55.9 cm³/mol. The Morgan fingerprint density at radius 1 is 1.67 bits per heavy atom. The van der Waals surface area contributed by atoms with Crippen molar-refractivity contribution in [2.24, 2.45) is 11.1 Å². The quantitative estimate of drug-likeness (QED) is 0.763. The standard InChI is InChI=1S/C10H17N3O2/c1-7-4-8(15-13-7)5-12-9(14)10(2,3)6-11/h4H,5-6,11H2,1-3H3,(H,12,14). The molecule has 1 aromatic heterocycles. The summed E-state index contributed by atoms with van der Waals surface area (Å²) in [6, 6.07) is 1.79. The van der Waals surface area contributed by atoms with E-state index in [1.54, 1.807) is 19.9 Å². The highest BCUT2D eigenvalue weighted by molar-refractivity contribution is 5.81. The van der Waals surface area contributed by atoms with Crippen molar-refractivity contribution in [2.75, 3.05) is 6.54 Å². The van der Waals surface area contributed by atoms with Crippen molar-refractivity contribution in [1.29, 1.82) is 0 Å². The van der Waals surface area contributed by atoms with E-state index in [4.69, 9.17) is 10.3 Å². The molecule has 5 nitrogen and oxygen atoms in total. The second-order valence-corrected chi connectivity index (χ2v) is 4.21. The largest absolute Gasteiger partial charge is 0.359 e. The molecule has 0 aliphatic rings. The molecular weight excluding hydrogens is 194 g/mol. The SMILES string of the molecule is Cc1cc(CNC(=O)C(C)(C)CN)on1. The summed E-state index contributed by atoms with van der Waals surface area (Å²) in [4.78, 5) is 11.6. The monoisotopic (exact) mass is 211 g/mol. The molecule has 5 heteroatoms. The van der Waals surface area contributed by atoms with E-state index in [-0.39, 0.29) is 5.91 Å². The zero-order valence-corrected chi connectivity index (χ0v) is 9.33. The van der Waals surface area contributed by atoms with Gasteiger partial charge in [-0.15, -0.1) is 0 Å². The van der Waals surface area contributed by atoms with Crippen molar-refractivity contribution in [2.45, 2.75) is 27.3 Å². The van der Waals surface area contributed by atoms with Gasteiger partial charge < -0.3 is 15.6 Å². The topological polar surface area (TPSA) is 81.2 Å². The summed E-state index contributed by atoms with van der Waals surface area (Å²) in [5.74, 6) is 0.563. The highest BCUT2D eigenvalue weighted by Gasteiger charge is 2.25. The van der Waals surface area contributed by atoms with E-state index in [2.05, 4.69) is 10.5 Å². The van der Waals surface area contributed by atoms with Crippen LogP contribution in [0.15, 0.2) is 10.6 Å². The molecule has 3 N–H and O–H groups in total. The van der Waals surface area contributed by atoms with Gasteiger partial charge in [0.2, 0.25) is 5.91 Å². The van der Waals surface area contributed by atoms with Crippen LogP contribution in [0.4, 0.5) is 0 Å². The second kappa shape index (κ2) is 4.44. The van der Waals surface area contributed by atoms with Crippen molar-refractivity contribution in [3.05, 3.63) is 17.5 Å². The highest BCUT2D eigenvalue weighted by Crippen LogP contribution is 2.12. The molecule has 1 heterocycles. The molecule has 0 aliphatic heterocycles. The van der Waals surface area contributed by atoms with Gasteiger partial charge in [0.25, 0.3) is 0 Å². The molecule has 0 bridgehead atoms. The Morgan fingerprint density at radius 3 is 2.80 bits per heavy atom. The summed E-state index contributed by atoms with van der Waals surface area (Å²) in [6.07, 6.45) is 0. The minimum Gasteiger partial charge on any atom is -0.359 e. The average molecular weight is 211 g/mol. The van der Waals surface area contributed by atoms with Crippen molar-refractivity contribution in [3.63, 3.8) is 0 Å². The first-order valence-electron chi connectivity index (χ1n) is 4.86. The number of hydrogen-bond acceptors (Lipinski definition) is 4. The van der Waals surface area contributed by atoms with Crippen LogP contribution in [0.1, 0.15) is 25.3 Å². The van der Waals surface area contributed by atoms with E-state index in [1.807, 2.05) is 6.92 Å². The van der Waals surface area contributed by atoms with Crippen LogP contribution in [0.2, 0.25) is 0 Å². The molecule has 0 aromatic carbocycles. The van der Waals surface area contributed by atoms with Gasteiger partial charge in [-0.2, -0.15) is 0 Å². The summed E-state index contributed by atoms with van der Waals surface area (Å²) in [7, 11) is 0. The molecule has 84 valence electrons. The molecule has 0 saturated carbocycles. The van der Waals surface area contributed by atoms with Crippen LogP contribution < -0.4 is 11.1 Å². The lowest BCUT2D eigenvalue weighted by Crippen LogP contribution is -2.41. The molecule has 0 radical (unpaired) electrons. The van der Waals surface area contributed by atoms with Gasteiger partial charge in [0.05, 0.1) is 17.7 Å². The Hall–Kier alpha value is -1.36. The molecule has 0 unspecified atom stereocenters. The highest BCUT2D eigenvalue weighted by atomic mass is 16.5. The van der Waals surface area contributed by atoms with E-state index in [9.17, 15) is 4.79 Å². The van der Waals surface area contributed by atoms with Gasteiger partial charge in [0.15, 0.2) is 5.76 Å². The first-order chi connectivity index (χ1) is 6.95. The number of carbonyl (C=O) groups excluding carboxylic acids is 1. The number of carbonyl (C=O) groups is 1. The maximum Gasteiger partial charge on any atom is 0.227 e. The van der Waals surface area contributed by atoms with Crippen molar-refractivity contribution < 1.29 is 9.32 Å². The van der Waals surface area contributed by atoms with Crippen LogP contribution >= 0.6 is 0 Å². The molecule has 0 aliphatic carbocycles. The molecule has 0 saturated heterocycles. The molecule has 0 atom stereocenters. The zero-order valence-electron chi connectivity index (χ0n) is 9.33. The smallest absolute Gasteiger partial charge is 0.227 e. The maximum atomic E-state index is 11.6. The third-order valence-electron chi connectivity index (χ3n) is 2.22.